The zero-order valence-electron chi connectivity index (χ0n) is 11.2. The van der Waals surface area contributed by atoms with Crippen LogP contribution in [0, 0.1) is 12.7 Å². The summed E-state index contributed by atoms with van der Waals surface area (Å²) in [6, 6.07) is 12.0. The number of aliphatic hydroxyl groups excluding tert-OH is 1. The van der Waals surface area contributed by atoms with Gasteiger partial charge in [-0.2, -0.15) is 0 Å². The predicted octanol–water partition coefficient (Wildman–Crippen LogP) is 3.67. The minimum atomic E-state index is -0.839. The minimum Gasteiger partial charge on any atom is -0.388 e. The largest absolute Gasteiger partial charge is 0.388 e. The van der Waals surface area contributed by atoms with Gasteiger partial charge in [-0.15, -0.1) is 0 Å². The van der Waals surface area contributed by atoms with Crippen LogP contribution in [0.15, 0.2) is 46.9 Å². The van der Waals surface area contributed by atoms with Crippen molar-refractivity contribution < 1.29 is 9.50 Å². The van der Waals surface area contributed by atoms with Gasteiger partial charge in [0.1, 0.15) is 5.82 Å². The first kappa shape index (κ1) is 15.2. The van der Waals surface area contributed by atoms with Crippen molar-refractivity contribution >= 4 is 15.9 Å². The van der Waals surface area contributed by atoms with Gasteiger partial charge in [0.15, 0.2) is 0 Å². The molecule has 0 amide bonds. The SMILES string of the molecule is Cc1ccc(C(O)C(CN)c2ccccc2F)cc1Br. The summed E-state index contributed by atoms with van der Waals surface area (Å²) in [6.07, 6.45) is -0.839. The monoisotopic (exact) mass is 337 g/mol. The Kier molecular flexibility index (Phi) is 4.91. The third kappa shape index (κ3) is 3.08. The molecule has 0 heterocycles. The number of hydrogen-bond acceptors (Lipinski definition) is 2. The highest BCUT2D eigenvalue weighted by molar-refractivity contribution is 9.10. The molecule has 106 valence electrons. The third-order valence-corrected chi connectivity index (χ3v) is 4.33. The van der Waals surface area contributed by atoms with Crippen LogP contribution in [0.1, 0.15) is 28.7 Å². The van der Waals surface area contributed by atoms with Crippen molar-refractivity contribution in [1.29, 1.82) is 0 Å². The summed E-state index contributed by atoms with van der Waals surface area (Å²) < 4.78 is 14.8. The lowest BCUT2D eigenvalue weighted by Gasteiger charge is -2.23. The van der Waals surface area contributed by atoms with Crippen LogP contribution in [0.4, 0.5) is 4.39 Å². The molecule has 0 radical (unpaired) electrons. The average Bonchev–Trinajstić information content (AvgIpc) is 2.44. The molecule has 2 rings (SSSR count). The van der Waals surface area contributed by atoms with Gasteiger partial charge in [0.25, 0.3) is 0 Å². The van der Waals surface area contributed by atoms with Gasteiger partial charge in [-0.25, -0.2) is 4.39 Å². The normalized spacial score (nSPS) is 14.1. The standard InChI is InChI=1S/C16H17BrFNO/c1-10-6-7-11(8-14(10)17)16(20)13(9-19)12-4-2-3-5-15(12)18/h2-8,13,16,20H,9,19H2,1H3. The summed E-state index contributed by atoms with van der Waals surface area (Å²) >= 11 is 3.44. The topological polar surface area (TPSA) is 46.2 Å². The Labute approximate surface area is 126 Å². The second kappa shape index (κ2) is 6.48. The Balaban J connectivity index is 2.36. The molecule has 2 unspecified atom stereocenters. The van der Waals surface area contributed by atoms with Gasteiger partial charge in [-0.05, 0) is 35.7 Å². The number of nitrogens with two attached hydrogens (primary N) is 1. The molecular formula is C16H17BrFNO. The smallest absolute Gasteiger partial charge is 0.126 e. The molecular weight excluding hydrogens is 321 g/mol. The number of rotatable bonds is 4. The van der Waals surface area contributed by atoms with E-state index in [1.807, 2.05) is 25.1 Å². The Bertz CT molecular complexity index is 603. The predicted molar refractivity (Wildman–Crippen MR) is 82.0 cm³/mol. The van der Waals surface area contributed by atoms with Crippen LogP contribution >= 0.6 is 15.9 Å². The zero-order chi connectivity index (χ0) is 14.7. The van der Waals surface area contributed by atoms with E-state index < -0.39 is 12.0 Å². The molecule has 4 heteroatoms. The number of aryl methyl sites for hydroxylation is 1. The molecule has 0 aromatic heterocycles. The molecule has 2 atom stereocenters. The molecule has 0 saturated heterocycles. The van der Waals surface area contributed by atoms with Gasteiger partial charge in [0.05, 0.1) is 6.10 Å². The summed E-state index contributed by atoms with van der Waals surface area (Å²) in [4.78, 5) is 0. The first-order valence-electron chi connectivity index (χ1n) is 6.43. The van der Waals surface area contributed by atoms with Crippen LogP contribution in [0.3, 0.4) is 0 Å². The summed E-state index contributed by atoms with van der Waals surface area (Å²) in [5, 5.41) is 10.5. The van der Waals surface area contributed by atoms with Crippen molar-refractivity contribution in [2.75, 3.05) is 6.54 Å². The Morgan fingerprint density at radius 3 is 2.55 bits per heavy atom. The number of hydrogen-bond donors (Lipinski definition) is 2. The van der Waals surface area contributed by atoms with E-state index in [4.69, 9.17) is 5.73 Å². The van der Waals surface area contributed by atoms with Gasteiger partial charge in [0, 0.05) is 16.9 Å². The van der Waals surface area contributed by atoms with Gasteiger partial charge in [0.2, 0.25) is 0 Å². The van der Waals surface area contributed by atoms with E-state index in [0.29, 0.717) is 5.56 Å². The van der Waals surface area contributed by atoms with E-state index in [0.717, 1.165) is 15.6 Å². The highest BCUT2D eigenvalue weighted by Crippen LogP contribution is 2.33. The molecule has 0 aliphatic heterocycles. The van der Waals surface area contributed by atoms with Crippen LogP contribution in [0.5, 0.6) is 0 Å². The van der Waals surface area contributed by atoms with Crippen LogP contribution in [-0.2, 0) is 0 Å². The summed E-state index contributed by atoms with van der Waals surface area (Å²) in [5.74, 6) is -0.806. The molecule has 2 nitrogen and oxygen atoms in total. The van der Waals surface area contributed by atoms with E-state index in [1.54, 1.807) is 18.2 Å². The van der Waals surface area contributed by atoms with E-state index in [9.17, 15) is 9.50 Å². The summed E-state index contributed by atoms with van der Waals surface area (Å²) in [7, 11) is 0. The molecule has 0 spiro atoms. The molecule has 0 aliphatic rings. The van der Waals surface area contributed by atoms with Crippen molar-refractivity contribution in [2.24, 2.45) is 5.73 Å². The molecule has 0 aliphatic carbocycles. The van der Waals surface area contributed by atoms with Crippen LogP contribution in [0.2, 0.25) is 0 Å². The fourth-order valence-corrected chi connectivity index (χ4v) is 2.62. The van der Waals surface area contributed by atoms with Gasteiger partial charge >= 0.3 is 0 Å². The summed E-state index contributed by atoms with van der Waals surface area (Å²) in [6.45, 7) is 2.14. The van der Waals surface area contributed by atoms with Gasteiger partial charge < -0.3 is 10.8 Å². The Hall–Kier alpha value is -1.23. The van der Waals surface area contributed by atoms with Crippen molar-refractivity contribution in [3.05, 3.63) is 69.4 Å². The van der Waals surface area contributed by atoms with Crippen LogP contribution < -0.4 is 5.73 Å². The lowest BCUT2D eigenvalue weighted by molar-refractivity contribution is 0.145. The van der Waals surface area contributed by atoms with E-state index in [1.165, 1.54) is 6.07 Å². The first-order valence-corrected chi connectivity index (χ1v) is 7.22. The van der Waals surface area contributed by atoms with Crippen molar-refractivity contribution in [2.45, 2.75) is 18.9 Å². The molecule has 0 saturated carbocycles. The third-order valence-electron chi connectivity index (χ3n) is 3.48. The quantitative estimate of drug-likeness (QED) is 0.893. The maximum Gasteiger partial charge on any atom is 0.126 e. The molecule has 0 bridgehead atoms. The lowest BCUT2D eigenvalue weighted by Crippen LogP contribution is -2.21. The van der Waals surface area contributed by atoms with Crippen molar-refractivity contribution in [3.63, 3.8) is 0 Å². The number of halogens is 2. The Morgan fingerprint density at radius 2 is 1.95 bits per heavy atom. The highest BCUT2D eigenvalue weighted by atomic mass is 79.9. The Morgan fingerprint density at radius 1 is 1.25 bits per heavy atom. The molecule has 2 aromatic rings. The molecule has 2 aromatic carbocycles. The zero-order valence-corrected chi connectivity index (χ0v) is 12.8. The summed E-state index contributed by atoms with van der Waals surface area (Å²) in [5.41, 5.74) is 7.99. The van der Waals surface area contributed by atoms with Crippen LogP contribution in [0.25, 0.3) is 0 Å². The molecule has 0 fully saturated rings. The maximum absolute atomic E-state index is 13.9. The maximum atomic E-state index is 13.9. The first-order chi connectivity index (χ1) is 9.54. The number of aliphatic hydroxyl groups is 1. The lowest BCUT2D eigenvalue weighted by atomic mass is 9.88. The minimum absolute atomic E-state index is 0.174. The van der Waals surface area contributed by atoms with E-state index in [-0.39, 0.29) is 12.4 Å². The molecule has 3 N–H and O–H groups in total. The van der Waals surface area contributed by atoms with Gasteiger partial charge in [-0.3, -0.25) is 0 Å². The molecule has 20 heavy (non-hydrogen) atoms. The second-order valence-corrected chi connectivity index (χ2v) is 5.67. The highest BCUT2D eigenvalue weighted by Gasteiger charge is 2.24. The second-order valence-electron chi connectivity index (χ2n) is 4.82. The van der Waals surface area contributed by atoms with Gasteiger partial charge in [-0.1, -0.05) is 46.3 Å². The van der Waals surface area contributed by atoms with Crippen molar-refractivity contribution in [3.8, 4) is 0 Å². The van der Waals surface area contributed by atoms with E-state index in [2.05, 4.69) is 15.9 Å². The van der Waals surface area contributed by atoms with Crippen LogP contribution in [-0.4, -0.2) is 11.7 Å². The van der Waals surface area contributed by atoms with Crippen molar-refractivity contribution in [1.82, 2.24) is 0 Å². The van der Waals surface area contributed by atoms with E-state index >= 15 is 0 Å². The fraction of sp³-hybridized carbons (Fsp3) is 0.250. The number of benzene rings is 2. The average molecular weight is 338 g/mol. The fourth-order valence-electron chi connectivity index (χ4n) is 2.23.